The molecule has 0 unspecified atom stereocenters. The van der Waals surface area contributed by atoms with Crippen molar-refractivity contribution in [2.75, 3.05) is 38.2 Å². The van der Waals surface area contributed by atoms with Gasteiger partial charge in [0.1, 0.15) is 0 Å². The Labute approximate surface area is 141 Å². The molecule has 0 atom stereocenters. The van der Waals surface area contributed by atoms with Crippen LogP contribution in [0, 0.1) is 5.41 Å². The number of nitrogens with zero attached hydrogens (tertiary/aromatic N) is 2. The molecule has 1 aliphatic heterocycles. The van der Waals surface area contributed by atoms with Crippen LogP contribution in [0.2, 0.25) is 0 Å². The van der Waals surface area contributed by atoms with Gasteiger partial charge in [-0.1, -0.05) is 32.6 Å². The predicted molar refractivity (Wildman–Crippen MR) is 96.6 cm³/mol. The molecule has 1 spiro atoms. The topological polar surface area (TPSA) is 61.8 Å². The average Bonchev–Trinajstić information content (AvgIpc) is 2.77. The fraction of sp³-hybridized carbons (Fsp3) is 0.941. The second kappa shape index (κ2) is 8.36. The van der Waals surface area contributed by atoms with Crippen LogP contribution in [-0.4, -0.2) is 57.5 Å². The maximum Gasteiger partial charge on any atom is 0.193 e. The normalized spacial score (nSPS) is 22.9. The van der Waals surface area contributed by atoms with Crippen molar-refractivity contribution in [3.63, 3.8) is 0 Å². The summed E-state index contributed by atoms with van der Waals surface area (Å²) in [5, 5.41) is 3.26. The lowest BCUT2D eigenvalue weighted by Gasteiger charge is -2.44. The Morgan fingerprint density at radius 2 is 1.78 bits per heavy atom. The summed E-state index contributed by atoms with van der Waals surface area (Å²) in [5.74, 6) is 1.27. The molecule has 0 aromatic rings. The van der Waals surface area contributed by atoms with E-state index in [0.717, 1.165) is 19.0 Å². The number of hydrogen-bond donors (Lipinski definition) is 1. The summed E-state index contributed by atoms with van der Waals surface area (Å²) in [6.07, 6.45) is 10.7. The molecule has 1 N–H and O–H groups in total. The van der Waals surface area contributed by atoms with E-state index in [2.05, 4.69) is 15.2 Å². The van der Waals surface area contributed by atoms with E-state index in [9.17, 15) is 8.42 Å². The van der Waals surface area contributed by atoms with Gasteiger partial charge in [0.25, 0.3) is 0 Å². The molecule has 0 amide bonds. The van der Waals surface area contributed by atoms with Gasteiger partial charge in [-0.25, -0.2) is 8.42 Å². The summed E-state index contributed by atoms with van der Waals surface area (Å²) in [6, 6.07) is 0. The van der Waals surface area contributed by atoms with Crippen molar-refractivity contribution >= 4 is 15.8 Å². The minimum atomic E-state index is -2.92. The summed E-state index contributed by atoms with van der Waals surface area (Å²) < 4.78 is 23.3. The highest BCUT2D eigenvalue weighted by atomic mass is 32.2. The van der Waals surface area contributed by atoms with Crippen LogP contribution in [0.4, 0.5) is 0 Å². The first-order valence-corrected chi connectivity index (χ1v) is 11.0. The van der Waals surface area contributed by atoms with Gasteiger partial charge in [-0.05, 0) is 31.1 Å². The third kappa shape index (κ3) is 5.37. The lowest BCUT2D eigenvalue weighted by atomic mass is 9.74. The molecule has 6 heteroatoms. The molecule has 23 heavy (non-hydrogen) atoms. The summed E-state index contributed by atoms with van der Waals surface area (Å²) in [6.45, 7) is 4.26. The summed E-state index contributed by atoms with van der Waals surface area (Å²) >= 11 is 0. The highest BCUT2D eigenvalue weighted by Gasteiger charge is 2.36. The number of piperidine rings is 1. The van der Waals surface area contributed by atoms with Gasteiger partial charge in [-0.2, -0.15) is 0 Å². The third-order valence-corrected chi connectivity index (χ3v) is 7.18. The summed E-state index contributed by atoms with van der Waals surface area (Å²) in [7, 11) is -1.13. The number of rotatable bonds is 4. The zero-order valence-electron chi connectivity index (χ0n) is 14.8. The first-order chi connectivity index (χ1) is 11.0. The van der Waals surface area contributed by atoms with E-state index in [-0.39, 0.29) is 11.5 Å². The first-order valence-electron chi connectivity index (χ1n) is 9.16. The van der Waals surface area contributed by atoms with Gasteiger partial charge in [0, 0.05) is 32.4 Å². The Kier molecular flexibility index (Phi) is 6.74. The molecule has 1 saturated carbocycles. The van der Waals surface area contributed by atoms with Crippen molar-refractivity contribution in [2.24, 2.45) is 10.4 Å². The molecule has 2 aliphatic rings. The smallest absolute Gasteiger partial charge is 0.193 e. The SMILES string of the molecule is CCS(=O)(=O)CCNC(=NC)N1CCCC2(CCCCCC2)C1. The Balaban J connectivity index is 1.92. The fourth-order valence-electron chi connectivity index (χ4n) is 4.07. The van der Waals surface area contributed by atoms with Crippen molar-refractivity contribution in [1.82, 2.24) is 10.2 Å². The van der Waals surface area contributed by atoms with Crippen molar-refractivity contribution in [2.45, 2.75) is 58.3 Å². The molecule has 2 rings (SSSR count). The van der Waals surface area contributed by atoms with Crippen molar-refractivity contribution < 1.29 is 8.42 Å². The molecular weight excluding hydrogens is 310 g/mol. The minimum absolute atomic E-state index is 0.182. The Morgan fingerprint density at radius 1 is 1.13 bits per heavy atom. The number of nitrogens with one attached hydrogen (secondary N) is 1. The van der Waals surface area contributed by atoms with E-state index in [4.69, 9.17) is 0 Å². The quantitative estimate of drug-likeness (QED) is 0.629. The van der Waals surface area contributed by atoms with Crippen LogP contribution in [0.15, 0.2) is 4.99 Å². The Hall–Kier alpha value is -0.780. The molecule has 1 saturated heterocycles. The second-order valence-corrected chi connectivity index (χ2v) is 9.62. The summed E-state index contributed by atoms with van der Waals surface area (Å²) in [5.41, 5.74) is 0.460. The highest BCUT2D eigenvalue weighted by Crippen LogP contribution is 2.42. The highest BCUT2D eigenvalue weighted by molar-refractivity contribution is 7.91. The molecule has 0 radical (unpaired) electrons. The van der Waals surface area contributed by atoms with Gasteiger partial charge in [-0.3, -0.25) is 4.99 Å². The van der Waals surface area contributed by atoms with Crippen LogP contribution in [0.1, 0.15) is 58.3 Å². The molecular formula is C17H33N3O2S. The van der Waals surface area contributed by atoms with E-state index in [1.54, 1.807) is 14.0 Å². The zero-order valence-corrected chi connectivity index (χ0v) is 15.6. The zero-order chi connectivity index (χ0) is 16.8. The number of guanidine groups is 1. The van der Waals surface area contributed by atoms with E-state index in [0.29, 0.717) is 12.0 Å². The molecule has 1 aliphatic carbocycles. The lowest BCUT2D eigenvalue weighted by molar-refractivity contribution is 0.115. The number of sulfone groups is 1. The monoisotopic (exact) mass is 343 g/mol. The van der Waals surface area contributed by atoms with Crippen LogP contribution in [0.25, 0.3) is 0 Å². The van der Waals surface area contributed by atoms with E-state index in [1.165, 1.54) is 51.4 Å². The Morgan fingerprint density at radius 3 is 2.39 bits per heavy atom. The van der Waals surface area contributed by atoms with Crippen LogP contribution < -0.4 is 5.32 Å². The van der Waals surface area contributed by atoms with Crippen molar-refractivity contribution in [1.29, 1.82) is 0 Å². The molecule has 2 fully saturated rings. The predicted octanol–water partition coefficient (Wildman–Crippen LogP) is 2.43. The maximum atomic E-state index is 11.6. The minimum Gasteiger partial charge on any atom is -0.355 e. The molecule has 1 heterocycles. The Bertz CT molecular complexity index is 494. The van der Waals surface area contributed by atoms with E-state index in [1.807, 2.05) is 0 Å². The van der Waals surface area contributed by atoms with E-state index >= 15 is 0 Å². The second-order valence-electron chi connectivity index (χ2n) is 7.15. The van der Waals surface area contributed by atoms with Crippen LogP contribution >= 0.6 is 0 Å². The summed E-state index contributed by atoms with van der Waals surface area (Å²) in [4.78, 5) is 6.75. The first kappa shape index (κ1) is 18.6. The van der Waals surface area contributed by atoms with Crippen LogP contribution in [0.5, 0.6) is 0 Å². The van der Waals surface area contributed by atoms with Gasteiger partial charge in [-0.15, -0.1) is 0 Å². The molecule has 0 bridgehead atoms. The maximum absolute atomic E-state index is 11.6. The third-order valence-electron chi connectivity index (χ3n) is 5.47. The van der Waals surface area contributed by atoms with Crippen molar-refractivity contribution in [3.8, 4) is 0 Å². The molecule has 5 nitrogen and oxygen atoms in total. The van der Waals surface area contributed by atoms with Gasteiger partial charge < -0.3 is 10.2 Å². The largest absolute Gasteiger partial charge is 0.355 e. The number of aliphatic imine (C=N–C) groups is 1. The van der Waals surface area contributed by atoms with Gasteiger partial charge in [0.15, 0.2) is 15.8 Å². The van der Waals surface area contributed by atoms with Crippen LogP contribution in [-0.2, 0) is 9.84 Å². The molecule has 0 aromatic heterocycles. The number of likely N-dealkylation sites (tertiary alicyclic amines) is 1. The average molecular weight is 344 g/mol. The fourth-order valence-corrected chi connectivity index (χ4v) is 4.77. The molecule has 0 aromatic carbocycles. The standard InChI is InChI=1S/C17H33N3O2S/c1-3-23(21,22)14-12-19-16(18-2)20-13-8-11-17(15-20)9-6-4-5-7-10-17/h3-15H2,1-2H3,(H,18,19). The lowest BCUT2D eigenvalue weighted by Crippen LogP contribution is -2.51. The van der Waals surface area contributed by atoms with E-state index < -0.39 is 9.84 Å². The molecule has 134 valence electrons. The number of hydrogen-bond acceptors (Lipinski definition) is 3. The van der Waals surface area contributed by atoms with Crippen LogP contribution in [0.3, 0.4) is 0 Å². The van der Waals surface area contributed by atoms with Crippen molar-refractivity contribution in [3.05, 3.63) is 0 Å². The van der Waals surface area contributed by atoms with Gasteiger partial charge in [0.05, 0.1) is 5.75 Å². The van der Waals surface area contributed by atoms with Gasteiger partial charge >= 0.3 is 0 Å². The van der Waals surface area contributed by atoms with Gasteiger partial charge in [0.2, 0.25) is 0 Å².